The summed E-state index contributed by atoms with van der Waals surface area (Å²) in [5.74, 6) is 3.61. The molecule has 1 aromatic rings. The fourth-order valence-electron chi connectivity index (χ4n) is 9.98. The summed E-state index contributed by atoms with van der Waals surface area (Å²) in [5.41, 5.74) is 0.924. The third-order valence-corrected chi connectivity index (χ3v) is 14.8. The Balaban J connectivity index is 1.35. The van der Waals surface area contributed by atoms with Crippen LogP contribution in [0.3, 0.4) is 0 Å². The number of allylic oxidation sites excluding steroid dienone is 1. The van der Waals surface area contributed by atoms with E-state index in [2.05, 4.69) is 26.8 Å². The Morgan fingerprint density at radius 3 is 2.37 bits per heavy atom. The molecule has 2 N–H and O–H groups in total. The smallest absolute Gasteiger partial charge is 0.181 e. The highest BCUT2D eigenvalue weighted by atomic mass is 32.2. The van der Waals surface area contributed by atoms with Crippen molar-refractivity contribution in [3.8, 4) is 0 Å². The highest BCUT2D eigenvalue weighted by Gasteiger charge is 2.57. The summed E-state index contributed by atoms with van der Waals surface area (Å²) in [6, 6.07) is 8.88. The standard InChI is InChI=1S/C36H56O4S/c1-7-36(38)20-18-28-25(23-36)13-14-30-29(28)17-19-35(6)31(15-16-32(30)35)24(2)21-27(22-33(37)34(3,4)5)41(39,40)26-11-9-8-10-12-26/h8-13,24,27-33,37-38H,7,14-23H2,1-6H3/t24-,27?,28+,29-,30-,31-,32+,33?,35-,36+/m1/s1. The van der Waals surface area contributed by atoms with E-state index < -0.39 is 26.8 Å². The number of sulfone groups is 1. The first kappa shape index (κ1) is 31.3. The second-order valence-electron chi connectivity index (χ2n) is 15.9. The molecule has 4 aliphatic rings. The molecule has 5 heteroatoms. The van der Waals surface area contributed by atoms with Crippen molar-refractivity contribution < 1.29 is 18.6 Å². The van der Waals surface area contributed by atoms with E-state index >= 15 is 0 Å². The van der Waals surface area contributed by atoms with Gasteiger partial charge in [-0.15, -0.1) is 0 Å². The normalized spacial score (nSPS) is 37.8. The Morgan fingerprint density at radius 2 is 1.71 bits per heavy atom. The second kappa shape index (κ2) is 11.4. The quantitative estimate of drug-likeness (QED) is 0.304. The van der Waals surface area contributed by atoms with Crippen LogP contribution in [-0.4, -0.2) is 35.6 Å². The van der Waals surface area contributed by atoms with Gasteiger partial charge in [-0.25, -0.2) is 8.42 Å². The number of aliphatic hydroxyl groups is 2. The van der Waals surface area contributed by atoms with E-state index in [-0.39, 0.29) is 23.2 Å². The monoisotopic (exact) mass is 584 g/mol. The van der Waals surface area contributed by atoms with Crippen molar-refractivity contribution in [3.05, 3.63) is 42.0 Å². The molecule has 0 aromatic heterocycles. The summed E-state index contributed by atoms with van der Waals surface area (Å²) in [6.07, 6.45) is 12.6. The van der Waals surface area contributed by atoms with E-state index in [9.17, 15) is 18.6 Å². The molecular formula is C36H56O4S. The van der Waals surface area contributed by atoms with Crippen LogP contribution in [0.5, 0.6) is 0 Å². The third kappa shape index (κ3) is 5.86. The summed E-state index contributed by atoms with van der Waals surface area (Å²) in [6.45, 7) is 12.9. The van der Waals surface area contributed by atoms with Crippen LogP contribution in [0.2, 0.25) is 0 Å². The van der Waals surface area contributed by atoms with Crippen LogP contribution >= 0.6 is 0 Å². The van der Waals surface area contributed by atoms with Gasteiger partial charge in [0, 0.05) is 0 Å². The van der Waals surface area contributed by atoms with Crippen molar-refractivity contribution in [2.24, 2.45) is 46.3 Å². The number of fused-ring (bicyclic) bond motifs is 5. The lowest BCUT2D eigenvalue weighted by molar-refractivity contribution is -0.0462. The lowest BCUT2D eigenvalue weighted by Gasteiger charge is -2.55. The molecule has 0 heterocycles. The molecule has 0 amide bonds. The maximum Gasteiger partial charge on any atom is 0.181 e. The molecule has 10 atom stereocenters. The Kier molecular flexibility index (Phi) is 8.69. The zero-order valence-electron chi connectivity index (χ0n) is 26.5. The summed E-state index contributed by atoms with van der Waals surface area (Å²) >= 11 is 0. The topological polar surface area (TPSA) is 74.6 Å². The van der Waals surface area contributed by atoms with E-state index in [1.165, 1.54) is 25.7 Å². The fourth-order valence-corrected chi connectivity index (χ4v) is 11.9. The highest BCUT2D eigenvalue weighted by molar-refractivity contribution is 7.92. The lowest BCUT2D eigenvalue weighted by atomic mass is 9.50. The van der Waals surface area contributed by atoms with E-state index in [0.29, 0.717) is 29.1 Å². The predicted molar refractivity (Wildman–Crippen MR) is 167 cm³/mol. The molecule has 3 fully saturated rings. The van der Waals surface area contributed by atoms with Gasteiger partial charge in [0.25, 0.3) is 0 Å². The molecule has 0 spiro atoms. The summed E-state index contributed by atoms with van der Waals surface area (Å²) < 4.78 is 27.9. The van der Waals surface area contributed by atoms with Crippen LogP contribution in [0.15, 0.2) is 46.9 Å². The van der Waals surface area contributed by atoms with Crippen LogP contribution < -0.4 is 0 Å². The molecule has 4 aliphatic carbocycles. The van der Waals surface area contributed by atoms with Crippen LogP contribution in [0.1, 0.15) is 112 Å². The zero-order chi connectivity index (χ0) is 29.8. The molecule has 4 nitrogen and oxygen atoms in total. The SMILES string of the molecule is CC[C@]1(O)CC[C@H]2C(=CC[C@@H]3[C@@H]2CC[C@]2(C)[C@@H]([C@H](C)CC(CC(O)C(C)(C)C)S(=O)(=O)c4ccccc4)CC[C@@H]32)C1. The van der Waals surface area contributed by atoms with Crippen LogP contribution in [0, 0.1) is 46.3 Å². The van der Waals surface area contributed by atoms with E-state index in [0.717, 1.165) is 43.9 Å². The maximum atomic E-state index is 14.0. The van der Waals surface area contributed by atoms with Crippen molar-refractivity contribution in [1.82, 2.24) is 0 Å². The van der Waals surface area contributed by atoms with Gasteiger partial charge in [0.05, 0.1) is 21.9 Å². The van der Waals surface area contributed by atoms with E-state index in [4.69, 9.17) is 0 Å². The van der Waals surface area contributed by atoms with Gasteiger partial charge in [0.2, 0.25) is 0 Å². The Bertz CT molecular complexity index is 1200. The number of hydrogen-bond donors (Lipinski definition) is 2. The average Bonchev–Trinajstić information content (AvgIpc) is 3.29. The minimum Gasteiger partial charge on any atom is -0.393 e. The Labute approximate surface area is 250 Å². The van der Waals surface area contributed by atoms with Gasteiger partial charge in [0.15, 0.2) is 9.84 Å². The van der Waals surface area contributed by atoms with Crippen molar-refractivity contribution >= 4 is 9.84 Å². The maximum absolute atomic E-state index is 14.0. The number of aliphatic hydroxyl groups excluding tert-OH is 1. The molecule has 3 saturated carbocycles. The van der Waals surface area contributed by atoms with Gasteiger partial charge in [-0.3, -0.25) is 0 Å². The molecule has 0 aliphatic heterocycles. The first-order valence-electron chi connectivity index (χ1n) is 16.6. The molecule has 2 unspecified atom stereocenters. The highest BCUT2D eigenvalue weighted by Crippen LogP contribution is 2.65. The van der Waals surface area contributed by atoms with Crippen LogP contribution in [0.4, 0.5) is 0 Å². The molecule has 230 valence electrons. The average molecular weight is 585 g/mol. The minimum absolute atomic E-state index is 0.244. The largest absolute Gasteiger partial charge is 0.393 e. The predicted octanol–water partition coefficient (Wildman–Crippen LogP) is 7.98. The van der Waals surface area contributed by atoms with Gasteiger partial charge in [-0.1, -0.05) is 71.4 Å². The number of benzene rings is 1. The summed E-state index contributed by atoms with van der Waals surface area (Å²) in [5, 5.41) is 21.5. The Hall–Kier alpha value is -1.17. The molecule has 5 rings (SSSR count). The van der Waals surface area contributed by atoms with E-state index in [1.807, 2.05) is 26.8 Å². The molecule has 1 aromatic carbocycles. The van der Waals surface area contributed by atoms with E-state index in [1.54, 1.807) is 29.8 Å². The fraction of sp³-hybridized carbons (Fsp3) is 0.778. The van der Waals surface area contributed by atoms with Crippen molar-refractivity contribution in [1.29, 1.82) is 0 Å². The second-order valence-corrected chi connectivity index (χ2v) is 18.1. The molecule has 0 radical (unpaired) electrons. The third-order valence-electron chi connectivity index (χ3n) is 12.6. The number of rotatable bonds is 8. The van der Waals surface area contributed by atoms with Crippen molar-refractivity contribution in [3.63, 3.8) is 0 Å². The van der Waals surface area contributed by atoms with Gasteiger partial charge >= 0.3 is 0 Å². The zero-order valence-corrected chi connectivity index (χ0v) is 27.3. The molecular weight excluding hydrogens is 528 g/mol. The van der Waals surface area contributed by atoms with Crippen LogP contribution in [-0.2, 0) is 9.84 Å². The minimum atomic E-state index is -3.56. The van der Waals surface area contributed by atoms with Gasteiger partial charge < -0.3 is 10.2 Å². The van der Waals surface area contributed by atoms with Crippen molar-refractivity contribution in [2.45, 2.75) is 134 Å². The van der Waals surface area contributed by atoms with Crippen LogP contribution in [0.25, 0.3) is 0 Å². The summed E-state index contributed by atoms with van der Waals surface area (Å²) in [4.78, 5) is 0.376. The molecule has 0 bridgehead atoms. The van der Waals surface area contributed by atoms with Gasteiger partial charge in [-0.2, -0.15) is 0 Å². The summed E-state index contributed by atoms with van der Waals surface area (Å²) in [7, 11) is -3.56. The van der Waals surface area contributed by atoms with Gasteiger partial charge in [-0.05, 0) is 129 Å². The Morgan fingerprint density at radius 1 is 1.00 bits per heavy atom. The first-order valence-corrected chi connectivity index (χ1v) is 18.1. The van der Waals surface area contributed by atoms with Crippen molar-refractivity contribution in [2.75, 3.05) is 0 Å². The molecule has 41 heavy (non-hydrogen) atoms. The first-order chi connectivity index (χ1) is 19.2. The van der Waals surface area contributed by atoms with Gasteiger partial charge in [0.1, 0.15) is 0 Å². The lowest BCUT2D eigenvalue weighted by Crippen LogP contribution is -2.48. The molecule has 0 saturated heterocycles. The number of hydrogen-bond acceptors (Lipinski definition) is 4.